The van der Waals surface area contributed by atoms with E-state index in [9.17, 15) is 9.59 Å². The molecular weight excluding hydrogens is 394 g/mol. The van der Waals surface area contributed by atoms with E-state index in [-0.39, 0.29) is 30.0 Å². The molecule has 0 aliphatic carbocycles. The zero-order valence-corrected chi connectivity index (χ0v) is 17.4. The molecule has 8 nitrogen and oxygen atoms in total. The largest absolute Gasteiger partial charge is 0.483 e. The van der Waals surface area contributed by atoms with Gasteiger partial charge in [0.25, 0.3) is 6.47 Å². The van der Waals surface area contributed by atoms with Crippen molar-refractivity contribution in [2.75, 3.05) is 32.7 Å². The normalized spacial score (nSPS) is 23.4. The molecule has 9 heteroatoms. The van der Waals surface area contributed by atoms with Gasteiger partial charge in [0.1, 0.15) is 6.10 Å². The first-order valence-electron chi connectivity index (χ1n) is 10.1. The molecule has 1 aromatic heterocycles. The van der Waals surface area contributed by atoms with Gasteiger partial charge >= 0.3 is 12.0 Å². The molecule has 3 fully saturated rings. The van der Waals surface area contributed by atoms with Crippen molar-refractivity contribution in [2.45, 2.75) is 44.8 Å². The summed E-state index contributed by atoms with van der Waals surface area (Å²) in [4.78, 5) is 38.7. The van der Waals surface area contributed by atoms with Crippen molar-refractivity contribution in [3.8, 4) is 0 Å². The van der Waals surface area contributed by atoms with E-state index in [2.05, 4.69) is 10.2 Å². The second kappa shape index (κ2) is 10.1. The summed E-state index contributed by atoms with van der Waals surface area (Å²) in [5.74, 6) is -0.0414. The predicted molar refractivity (Wildman–Crippen MR) is 109 cm³/mol. The van der Waals surface area contributed by atoms with Crippen LogP contribution in [0.1, 0.15) is 37.0 Å². The molecule has 4 heterocycles. The van der Waals surface area contributed by atoms with Crippen LogP contribution in [-0.2, 0) is 20.9 Å². The standard InChI is InChI=1S/C19H27N3O3S.CH2O2/c23-17-19(12-15(25-17)14-21-7-1-2-8-21)5-9-22(10-6-19)18(24)20-13-16-4-3-11-26-16;2-1-3/h3-4,11,15H,1-2,5-10,12-14H2,(H,20,24);1H,(H,2,3). The van der Waals surface area contributed by atoms with Gasteiger partial charge in [-0.05, 0) is 50.2 Å². The van der Waals surface area contributed by atoms with Crippen LogP contribution in [0.15, 0.2) is 17.5 Å². The minimum Gasteiger partial charge on any atom is -0.483 e. The van der Waals surface area contributed by atoms with Crippen LogP contribution in [0.4, 0.5) is 4.79 Å². The Hall–Kier alpha value is -2.13. The Balaban J connectivity index is 0.000000755. The SMILES string of the molecule is O=C(NCc1cccs1)N1CCC2(CC1)CC(CN1CCCC1)OC2=O.O=CO. The van der Waals surface area contributed by atoms with Crippen molar-refractivity contribution in [3.05, 3.63) is 22.4 Å². The van der Waals surface area contributed by atoms with Crippen molar-refractivity contribution < 1.29 is 24.2 Å². The van der Waals surface area contributed by atoms with Crippen LogP contribution >= 0.6 is 11.3 Å². The highest BCUT2D eigenvalue weighted by atomic mass is 32.1. The fourth-order valence-electron chi connectivity index (χ4n) is 4.43. The Kier molecular flexibility index (Phi) is 7.49. The van der Waals surface area contributed by atoms with Crippen molar-refractivity contribution >= 4 is 29.8 Å². The maximum Gasteiger partial charge on any atom is 0.317 e. The number of esters is 1. The number of nitrogens with one attached hydrogen (secondary N) is 1. The van der Waals surface area contributed by atoms with Gasteiger partial charge in [0, 0.05) is 30.9 Å². The number of carbonyl (C=O) groups excluding carboxylic acids is 2. The van der Waals surface area contributed by atoms with Gasteiger partial charge in [-0.1, -0.05) is 6.07 Å². The quantitative estimate of drug-likeness (QED) is 0.569. The summed E-state index contributed by atoms with van der Waals surface area (Å²) in [6.45, 7) is 4.69. The molecule has 160 valence electrons. The molecule has 2 amide bonds. The minimum atomic E-state index is -0.366. The van der Waals surface area contributed by atoms with Gasteiger partial charge in [-0.3, -0.25) is 14.5 Å². The van der Waals surface area contributed by atoms with Crippen LogP contribution in [0, 0.1) is 5.41 Å². The number of urea groups is 1. The summed E-state index contributed by atoms with van der Waals surface area (Å²) in [5, 5.41) is 11.9. The number of hydrogen-bond acceptors (Lipinski definition) is 6. The average molecular weight is 424 g/mol. The summed E-state index contributed by atoms with van der Waals surface area (Å²) in [5.41, 5.74) is -0.366. The van der Waals surface area contributed by atoms with E-state index in [0.29, 0.717) is 19.6 Å². The fourth-order valence-corrected chi connectivity index (χ4v) is 5.07. The molecule has 3 aliphatic rings. The molecule has 0 saturated carbocycles. The number of hydrogen-bond donors (Lipinski definition) is 2. The lowest BCUT2D eigenvalue weighted by molar-refractivity contribution is -0.150. The second-order valence-corrected chi connectivity index (χ2v) is 8.88. The monoisotopic (exact) mass is 423 g/mol. The number of piperidine rings is 1. The van der Waals surface area contributed by atoms with Gasteiger partial charge in [-0.15, -0.1) is 11.3 Å². The van der Waals surface area contributed by atoms with Crippen molar-refractivity contribution in [1.29, 1.82) is 0 Å². The van der Waals surface area contributed by atoms with Crippen LogP contribution in [-0.4, -0.2) is 72.2 Å². The van der Waals surface area contributed by atoms with Crippen LogP contribution in [0.5, 0.6) is 0 Å². The Bertz CT molecular complexity index is 682. The van der Waals surface area contributed by atoms with Gasteiger partial charge in [-0.2, -0.15) is 0 Å². The maximum absolute atomic E-state index is 12.5. The van der Waals surface area contributed by atoms with Gasteiger partial charge in [0.15, 0.2) is 0 Å². The van der Waals surface area contributed by atoms with Gasteiger partial charge in [0.05, 0.1) is 12.0 Å². The molecule has 3 saturated heterocycles. The molecule has 0 radical (unpaired) electrons. The number of cyclic esters (lactones) is 1. The first-order valence-corrected chi connectivity index (χ1v) is 11.0. The lowest BCUT2D eigenvalue weighted by Crippen LogP contribution is -2.48. The number of carboxylic acid groups (broad SMARTS) is 1. The molecular formula is C20H29N3O5S. The minimum absolute atomic E-state index is 0.0276. The molecule has 1 atom stereocenters. The third kappa shape index (κ3) is 5.48. The van der Waals surface area contributed by atoms with E-state index in [0.717, 1.165) is 43.8 Å². The van der Waals surface area contributed by atoms with E-state index in [1.807, 2.05) is 22.4 Å². The van der Waals surface area contributed by atoms with E-state index < -0.39 is 0 Å². The lowest BCUT2D eigenvalue weighted by Gasteiger charge is -2.36. The number of likely N-dealkylation sites (tertiary alicyclic amines) is 2. The van der Waals surface area contributed by atoms with E-state index in [1.54, 1.807) is 11.3 Å². The maximum atomic E-state index is 12.5. The van der Waals surface area contributed by atoms with E-state index >= 15 is 0 Å². The molecule has 29 heavy (non-hydrogen) atoms. The summed E-state index contributed by atoms with van der Waals surface area (Å²) in [6, 6.07) is 3.97. The van der Waals surface area contributed by atoms with Crippen molar-refractivity contribution in [1.82, 2.24) is 15.1 Å². The smallest absolute Gasteiger partial charge is 0.317 e. The highest BCUT2D eigenvalue weighted by molar-refractivity contribution is 7.09. The Morgan fingerprint density at radius 2 is 2.00 bits per heavy atom. The van der Waals surface area contributed by atoms with E-state index in [1.165, 1.54) is 12.8 Å². The van der Waals surface area contributed by atoms with Crippen LogP contribution < -0.4 is 5.32 Å². The topological polar surface area (TPSA) is 99.2 Å². The van der Waals surface area contributed by atoms with Crippen molar-refractivity contribution in [2.24, 2.45) is 5.41 Å². The third-order valence-corrected chi connectivity index (χ3v) is 6.86. The molecule has 1 unspecified atom stereocenters. The predicted octanol–water partition coefficient (Wildman–Crippen LogP) is 2.15. The Morgan fingerprint density at radius 1 is 1.31 bits per heavy atom. The molecule has 2 N–H and O–H groups in total. The highest BCUT2D eigenvalue weighted by Crippen LogP contribution is 2.43. The Labute approximate surface area is 174 Å². The van der Waals surface area contributed by atoms with Crippen LogP contribution in [0.3, 0.4) is 0 Å². The summed E-state index contributed by atoms with van der Waals surface area (Å²) >= 11 is 1.64. The first-order chi connectivity index (χ1) is 14.1. The number of rotatable bonds is 4. The molecule has 3 aliphatic heterocycles. The summed E-state index contributed by atoms with van der Waals surface area (Å²) in [7, 11) is 0. The summed E-state index contributed by atoms with van der Waals surface area (Å²) < 4.78 is 5.71. The molecule has 0 bridgehead atoms. The third-order valence-electron chi connectivity index (χ3n) is 5.99. The Morgan fingerprint density at radius 3 is 2.62 bits per heavy atom. The van der Waals surface area contributed by atoms with Crippen LogP contribution in [0.2, 0.25) is 0 Å². The number of thiophene rings is 1. The van der Waals surface area contributed by atoms with Gasteiger partial charge in [-0.25, -0.2) is 4.79 Å². The number of amides is 2. The van der Waals surface area contributed by atoms with E-state index in [4.69, 9.17) is 14.6 Å². The number of ether oxygens (including phenoxy) is 1. The number of carbonyl (C=O) groups is 3. The first kappa shape index (κ1) is 21.6. The fraction of sp³-hybridized carbons (Fsp3) is 0.650. The van der Waals surface area contributed by atoms with Gasteiger partial charge in [0.2, 0.25) is 0 Å². The highest BCUT2D eigenvalue weighted by Gasteiger charge is 2.51. The van der Waals surface area contributed by atoms with Crippen molar-refractivity contribution in [3.63, 3.8) is 0 Å². The number of nitrogens with zero attached hydrogens (tertiary/aromatic N) is 2. The summed E-state index contributed by atoms with van der Waals surface area (Å²) in [6.07, 6.45) is 4.78. The second-order valence-electron chi connectivity index (χ2n) is 7.85. The van der Waals surface area contributed by atoms with Crippen LogP contribution in [0.25, 0.3) is 0 Å². The molecule has 1 aromatic rings. The molecule has 4 rings (SSSR count). The molecule has 0 aromatic carbocycles. The average Bonchev–Trinajstić information content (AvgIpc) is 3.45. The zero-order chi connectivity index (χ0) is 20.7. The molecule has 1 spiro atoms. The zero-order valence-electron chi connectivity index (χ0n) is 16.5. The van der Waals surface area contributed by atoms with Gasteiger partial charge < -0.3 is 20.1 Å². The lowest BCUT2D eigenvalue weighted by atomic mass is 9.76.